The Morgan fingerprint density at radius 3 is 2.81 bits per heavy atom. The van der Waals surface area contributed by atoms with Crippen LogP contribution < -0.4 is 15.0 Å². The molecular weight excluding hydrogens is 446 g/mol. The Morgan fingerprint density at radius 2 is 1.91 bits per heavy atom. The van der Waals surface area contributed by atoms with Crippen molar-refractivity contribution < 1.29 is 9.47 Å². The van der Waals surface area contributed by atoms with E-state index in [-0.39, 0.29) is 12.4 Å². The van der Waals surface area contributed by atoms with E-state index in [9.17, 15) is 4.79 Å². The SMILES string of the molecule is O=c1cc(CSc2nnc(-c3ccc4c(c3)OCO4)n2-c2ccccc2)nc2sccn12. The number of fused-ring (bicyclic) bond motifs is 2. The fourth-order valence-corrected chi connectivity index (χ4v) is 5.08. The zero-order valence-electron chi connectivity index (χ0n) is 16.5. The zero-order chi connectivity index (χ0) is 21.5. The molecule has 0 bridgehead atoms. The molecule has 0 aliphatic carbocycles. The highest BCUT2D eigenvalue weighted by atomic mass is 32.2. The summed E-state index contributed by atoms with van der Waals surface area (Å²) in [6.07, 6.45) is 1.73. The van der Waals surface area contributed by atoms with Gasteiger partial charge in [-0.25, -0.2) is 4.98 Å². The lowest BCUT2D eigenvalue weighted by atomic mass is 10.2. The van der Waals surface area contributed by atoms with Gasteiger partial charge in [-0.3, -0.25) is 13.8 Å². The highest BCUT2D eigenvalue weighted by Crippen LogP contribution is 2.37. The van der Waals surface area contributed by atoms with Crippen LogP contribution in [0.5, 0.6) is 11.5 Å². The summed E-state index contributed by atoms with van der Waals surface area (Å²) in [5, 5.41) is 11.5. The summed E-state index contributed by atoms with van der Waals surface area (Å²) in [5.74, 6) is 2.60. The maximum absolute atomic E-state index is 12.3. The maximum atomic E-state index is 12.3. The molecule has 3 aromatic heterocycles. The lowest BCUT2D eigenvalue weighted by molar-refractivity contribution is 0.174. The summed E-state index contributed by atoms with van der Waals surface area (Å²) < 4.78 is 14.5. The second-order valence-electron chi connectivity index (χ2n) is 6.98. The molecule has 6 rings (SSSR count). The molecule has 0 spiro atoms. The Labute approximate surface area is 190 Å². The van der Waals surface area contributed by atoms with Crippen molar-refractivity contribution in [2.75, 3.05) is 6.79 Å². The van der Waals surface area contributed by atoms with Gasteiger partial charge < -0.3 is 9.47 Å². The molecule has 2 aromatic carbocycles. The fourth-order valence-electron chi connectivity index (χ4n) is 3.50. The number of benzene rings is 2. The average Bonchev–Trinajstić information content (AvgIpc) is 3.56. The van der Waals surface area contributed by atoms with E-state index < -0.39 is 0 Å². The number of aromatic nitrogens is 5. The third-order valence-corrected chi connectivity index (χ3v) is 6.70. The topological polar surface area (TPSA) is 83.5 Å². The van der Waals surface area contributed by atoms with Crippen molar-refractivity contribution in [3.05, 3.63) is 82.2 Å². The molecule has 10 heteroatoms. The predicted octanol–water partition coefficient (Wildman–Crippen LogP) is 4.02. The van der Waals surface area contributed by atoms with Gasteiger partial charge in [-0.1, -0.05) is 30.0 Å². The summed E-state index contributed by atoms with van der Waals surface area (Å²) in [7, 11) is 0. The van der Waals surface area contributed by atoms with Gasteiger partial charge in [-0.15, -0.1) is 21.5 Å². The summed E-state index contributed by atoms with van der Waals surface area (Å²) in [5.41, 5.74) is 2.43. The standard InChI is InChI=1S/C22H15N5O3S2/c28-19-11-15(23-21-26(19)8-9-31-21)12-32-22-25-24-20(27(22)16-4-2-1-3-5-16)14-6-7-17-18(10-14)30-13-29-17/h1-11H,12-13H2. The molecule has 0 saturated heterocycles. The van der Waals surface area contributed by atoms with Crippen LogP contribution in [0.25, 0.3) is 22.0 Å². The van der Waals surface area contributed by atoms with E-state index in [0.717, 1.165) is 17.0 Å². The first-order valence-corrected chi connectivity index (χ1v) is 11.6. The normalized spacial score (nSPS) is 12.5. The third-order valence-electron chi connectivity index (χ3n) is 4.98. The number of thioether (sulfide) groups is 1. The van der Waals surface area contributed by atoms with E-state index in [2.05, 4.69) is 15.2 Å². The van der Waals surface area contributed by atoms with E-state index in [0.29, 0.717) is 33.1 Å². The Kier molecular flexibility index (Phi) is 4.66. The molecule has 8 nitrogen and oxygen atoms in total. The average molecular weight is 462 g/mol. The Balaban J connectivity index is 1.39. The first-order valence-electron chi connectivity index (χ1n) is 9.76. The quantitative estimate of drug-likeness (QED) is 0.366. The summed E-state index contributed by atoms with van der Waals surface area (Å²) in [6.45, 7) is 0.215. The number of hydrogen-bond donors (Lipinski definition) is 0. The van der Waals surface area contributed by atoms with Crippen LogP contribution in [0.4, 0.5) is 0 Å². The first-order chi connectivity index (χ1) is 15.8. The number of rotatable bonds is 5. The zero-order valence-corrected chi connectivity index (χ0v) is 18.2. The van der Waals surface area contributed by atoms with Crippen molar-refractivity contribution in [3.63, 3.8) is 0 Å². The number of para-hydroxylation sites is 1. The van der Waals surface area contributed by atoms with E-state index in [4.69, 9.17) is 9.47 Å². The first kappa shape index (κ1) is 19.1. The highest BCUT2D eigenvalue weighted by Gasteiger charge is 2.20. The molecule has 158 valence electrons. The van der Waals surface area contributed by atoms with Gasteiger partial charge >= 0.3 is 0 Å². The van der Waals surface area contributed by atoms with Gasteiger partial charge in [0.2, 0.25) is 6.79 Å². The van der Waals surface area contributed by atoms with Crippen molar-refractivity contribution in [2.24, 2.45) is 0 Å². The van der Waals surface area contributed by atoms with Crippen molar-refractivity contribution in [1.82, 2.24) is 24.1 Å². The van der Waals surface area contributed by atoms with E-state index in [1.54, 1.807) is 16.7 Å². The second-order valence-corrected chi connectivity index (χ2v) is 8.79. The van der Waals surface area contributed by atoms with Crippen LogP contribution >= 0.6 is 23.1 Å². The van der Waals surface area contributed by atoms with Crippen LogP contribution in [-0.4, -0.2) is 30.9 Å². The third kappa shape index (κ3) is 3.33. The van der Waals surface area contributed by atoms with Gasteiger partial charge in [0.05, 0.1) is 5.69 Å². The van der Waals surface area contributed by atoms with Gasteiger partial charge in [0.1, 0.15) is 0 Å². The predicted molar refractivity (Wildman–Crippen MR) is 122 cm³/mol. The van der Waals surface area contributed by atoms with Crippen LogP contribution in [0.2, 0.25) is 0 Å². The molecule has 5 aromatic rings. The van der Waals surface area contributed by atoms with Gasteiger partial charge in [0, 0.05) is 34.6 Å². The van der Waals surface area contributed by atoms with Crippen molar-refractivity contribution in [1.29, 1.82) is 0 Å². The molecule has 0 radical (unpaired) electrons. The summed E-state index contributed by atoms with van der Waals surface area (Å²) >= 11 is 2.92. The van der Waals surface area contributed by atoms with Crippen LogP contribution in [0.15, 0.2) is 76.1 Å². The van der Waals surface area contributed by atoms with Crippen LogP contribution in [-0.2, 0) is 5.75 Å². The molecule has 0 atom stereocenters. The Morgan fingerprint density at radius 1 is 1.03 bits per heavy atom. The van der Waals surface area contributed by atoms with Gasteiger partial charge in [-0.05, 0) is 30.3 Å². The molecule has 0 amide bonds. The van der Waals surface area contributed by atoms with Crippen LogP contribution in [0, 0.1) is 0 Å². The molecule has 1 aliphatic heterocycles. The van der Waals surface area contributed by atoms with Crippen LogP contribution in [0.1, 0.15) is 5.69 Å². The minimum absolute atomic E-state index is 0.0857. The van der Waals surface area contributed by atoms with E-state index in [1.807, 2.05) is 58.5 Å². The van der Waals surface area contributed by atoms with Crippen LogP contribution in [0.3, 0.4) is 0 Å². The molecule has 0 saturated carbocycles. The van der Waals surface area contributed by atoms with Gasteiger partial charge in [0.25, 0.3) is 5.56 Å². The smallest absolute Gasteiger partial charge is 0.258 e. The van der Waals surface area contributed by atoms with Crippen molar-refractivity contribution in [2.45, 2.75) is 10.9 Å². The minimum Gasteiger partial charge on any atom is -0.454 e. The van der Waals surface area contributed by atoms with E-state index in [1.165, 1.54) is 23.1 Å². The number of thiazole rings is 1. The lowest BCUT2D eigenvalue weighted by Gasteiger charge is -2.10. The summed E-state index contributed by atoms with van der Waals surface area (Å²) in [6, 6.07) is 17.2. The number of hydrogen-bond acceptors (Lipinski definition) is 8. The van der Waals surface area contributed by atoms with Gasteiger partial charge in [-0.2, -0.15) is 0 Å². The second kappa shape index (κ2) is 7.81. The van der Waals surface area contributed by atoms with Crippen molar-refractivity contribution >= 4 is 28.1 Å². The molecule has 1 aliphatic rings. The maximum Gasteiger partial charge on any atom is 0.258 e. The van der Waals surface area contributed by atoms with Gasteiger partial charge in [0.15, 0.2) is 27.4 Å². The molecule has 4 heterocycles. The monoisotopic (exact) mass is 461 g/mol. The molecule has 0 fully saturated rings. The number of ether oxygens (including phenoxy) is 2. The Hall–Kier alpha value is -3.63. The Bertz CT molecular complexity index is 1490. The molecule has 0 unspecified atom stereocenters. The lowest BCUT2D eigenvalue weighted by Crippen LogP contribution is -2.12. The summed E-state index contributed by atoms with van der Waals surface area (Å²) in [4.78, 5) is 17.6. The molecule has 0 N–H and O–H groups in total. The van der Waals surface area contributed by atoms with E-state index >= 15 is 0 Å². The van der Waals surface area contributed by atoms with Crippen molar-refractivity contribution in [3.8, 4) is 28.6 Å². The minimum atomic E-state index is -0.0857. The largest absolute Gasteiger partial charge is 0.454 e. The molecule has 32 heavy (non-hydrogen) atoms. The number of nitrogens with zero attached hydrogens (tertiary/aromatic N) is 5. The highest BCUT2D eigenvalue weighted by molar-refractivity contribution is 7.98. The molecular formula is C22H15N5O3S2. The fraction of sp³-hybridized carbons (Fsp3) is 0.0909.